The number of hydrogen-bond donors (Lipinski definition) is 0. The van der Waals surface area contributed by atoms with Crippen molar-refractivity contribution in [1.29, 1.82) is 0 Å². The fourth-order valence-corrected chi connectivity index (χ4v) is 11.0. The monoisotopic (exact) mass is 798 g/mol. The Morgan fingerprint density at radius 1 is 0.590 bits per heavy atom. The summed E-state index contributed by atoms with van der Waals surface area (Å²) in [5.74, 6) is 2.56. The fourth-order valence-electron chi connectivity index (χ4n) is 9.88. The summed E-state index contributed by atoms with van der Waals surface area (Å²) >= 11 is 1.77. The van der Waals surface area contributed by atoms with E-state index in [-0.39, 0.29) is 0 Å². The number of aromatic nitrogens is 2. The zero-order valence-corrected chi connectivity index (χ0v) is 34.3. The molecule has 3 nitrogen and oxygen atoms in total. The maximum atomic E-state index is 6.56. The van der Waals surface area contributed by atoms with E-state index in [2.05, 4.69) is 207 Å². The molecule has 0 unspecified atom stereocenters. The van der Waals surface area contributed by atoms with Crippen LogP contribution in [0.3, 0.4) is 0 Å². The van der Waals surface area contributed by atoms with Gasteiger partial charge < -0.3 is 4.74 Å². The minimum absolute atomic E-state index is 0.472. The van der Waals surface area contributed by atoms with Gasteiger partial charge in [0, 0.05) is 32.3 Å². The quantitative estimate of drug-likeness (QED) is 0.157. The highest BCUT2D eigenvalue weighted by atomic mass is 32.1. The van der Waals surface area contributed by atoms with Gasteiger partial charge in [-0.1, -0.05) is 176 Å². The molecule has 1 spiro atoms. The molecule has 0 radical (unpaired) electrons. The van der Waals surface area contributed by atoms with Gasteiger partial charge in [-0.15, -0.1) is 11.3 Å². The van der Waals surface area contributed by atoms with Gasteiger partial charge in [0.05, 0.1) is 21.3 Å². The van der Waals surface area contributed by atoms with E-state index in [1.807, 2.05) is 0 Å². The third-order valence-corrected chi connectivity index (χ3v) is 13.8. The second-order valence-corrected chi connectivity index (χ2v) is 17.0. The van der Waals surface area contributed by atoms with Crippen LogP contribution in [0.4, 0.5) is 0 Å². The van der Waals surface area contributed by atoms with E-state index in [4.69, 9.17) is 14.7 Å². The van der Waals surface area contributed by atoms with Gasteiger partial charge in [-0.05, 0) is 87.3 Å². The first-order chi connectivity index (χ1) is 30.2. The van der Waals surface area contributed by atoms with Crippen molar-refractivity contribution in [2.45, 2.75) is 18.8 Å². The van der Waals surface area contributed by atoms with Gasteiger partial charge in [0.2, 0.25) is 0 Å². The number of fused-ring (bicyclic) bond motifs is 13. The molecule has 12 rings (SSSR count). The Morgan fingerprint density at radius 2 is 1.26 bits per heavy atom. The molecule has 4 heteroatoms. The van der Waals surface area contributed by atoms with Crippen LogP contribution in [-0.4, -0.2) is 9.97 Å². The third kappa shape index (κ3) is 5.49. The smallest absolute Gasteiger partial charge is 0.161 e. The maximum Gasteiger partial charge on any atom is 0.161 e. The third-order valence-electron chi connectivity index (χ3n) is 12.6. The van der Waals surface area contributed by atoms with Crippen LogP contribution in [0, 0.1) is 0 Å². The highest BCUT2D eigenvalue weighted by Gasteiger charge is 2.50. The van der Waals surface area contributed by atoms with Crippen LogP contribution in [-0.2, 0) is 11.8 Å². The molecule has 0 bridgehead atoms. The van der Waals surface area contributed by atoms with Crippen LogP contribution < -0.4 is 4.74 Å². The lowest BCUT2D eigenvalue weighted by Crippen LogP contribution is -2.32. The number of ether oxygens (including phenoxy) is 1. The van der Waals surface area contributed by atoms with Crippen LogP contribution in [0.2, 0.25) is 0 Å². The summed E-state index contributed by atoms with van der Waals surface area (Å²) in [7, 11) is 0. The average Bonchev–Trinajstić information content (AvgIpc) is 3.84. The van der Waals surface area contributed by atoms with Gasteiger partial charge in [-0.25, -0.2) is 9.97 Å². The van der Waals surface area contributed by atoms with Gasteiger partial charge in [-0.3, -0.25) is 0 Å². The summed E-state index contributed by atoms with van der Waals surface area (Å²) in [6.45, 7) is 2.12. The van der Waals surface area contributed by atoms with Crippen molar-refractivity contribution in [2.24, 2.45) is 0 Å². The molecule has 8 aromatic carbocycles. The van der Waals surface area contributed by atoms with Gasteiger partial charge in [0.15, 0.2) is 5.82 Å². The second-order valence-electron chi connectivity index (χ2n) is 15.9. The summed E-state index contributed by atoms with van der Waals surface area (Å²) < 4.78 is 8.87. The van der Waals surface area contributed by atoms with E-state index in [1.54, 1.807) is 11.3 Å². The van der Waals surface area contributed by atoms with Crippen molar-refractivity contribution in [2.75, 3.05) is 0 Å². The predicted molar refractivity (Wildman–Crippen MR) is 254 cm³/mol. The van der Waals surface area contributed by atoms with Gasteiger partial charge in [-0.2, -0.15) is 0 Å². The van der Waals surface area contributed by atoms with E-state index in [0.717, 1.165) is 72.7 Å². The Morgan fingerprint density at radius 3 is 2.10 bits per heavy atom. The second kappa shape index (κ2) is 14.1. The number of rotatable bonds is 6. The number of allylic oxidation sites excluding steroid dienone is 4. The first kappa shape index (κ1) is 35.5. The largest absolute Gasteiger partial charge is 0.457 e. The van der Waals surface area contributed by atoms with E-state index >= 15 is 0 Å². The van der Waals surface area contributed by atoms with Crippen molar-refractivity contribution >= 4 is 48.0 Å². The number of hydrogen-bond acceptors (Lipinski definition) is 4. The van der Waals surface area contributed by atoms with Crippen molar-refractivity contribution in [1.82, 2.24) is 9.97 Å². The first-order valence-electron chi connectivity index (χ1n) is 20.9. The molecular weight excluding hydrogens is 761 g/mol. The normalized spacial score (nSPS) is 13.7. The van der Waals surface area contributed by atoms with Crippen LogP contribution in [0.1, 0.15) is 40.3 Å². The van der Waals surface area contributed by atoms with Crippen LogP contribution in [0.15, 0.2) is 200 Å². The van der Waals surface area contributed by atoms with Crippen molar-refractivity contribution in [3.8, 4) is 45.3 Å². The molecule has 0 amide bonds. The molecule has 0 saturated carbocycles. The van der Waals surface area contributed by atoms with E-state index in [9.17, 15) is 0 Å². The molecule has 10 aromatic rings. The SMILES string of the molecule is C/C=C(\C=C/Cc1ccc2c(c1)C1(c3ccccc3Oc3ccccc31)c1ccccc1-2)c1cccc(-c2nc(-c3cccc4ccccc34)nc3c2sc2ccccc23)c1. The van der Waals surface area contributed by atoms with Crippen LogP contribution in [0.5, 0.6) is 11.5 Å². The average molecular weight is 799 g/mol. The molecule has 0 atom stereocenters. The molecule has 2 aromatic heterocycles. The number of nitrogens with zero attached hydrogens (tertiary/aromatic N) is 2. The molecule has 0 saturated heterocycles. The Labute approximate surface area is 358 Å². The molecular formula is C57H38N2OS. The molecule has 0 fully saturated rings. The van der Waals surface area contributed by atoms with Crippen molar-refractivity contribution in [3.05, 3.63) is 234 Å². The van der Waals surface area contributed by atoms with E-state index in [0.29, 0.717) is 0 Å². The number of para-hydroxylation sites is 2. The van der Waals surface area contributed by atoms with Gasteiger partial charge in [0.1, 0.15) is 11.5 Å². The van der Waals surface area contributed by atoms with Crippen molar-refractivity contribution in [3.63, 3.8) is 0 Å². The summed E-state index contributed by atoms with van der Waals surface area (Å²) in [4.78, 5) is 10.6. The van der Waals surface area contributed by atoms with Crippen molar-refractivity contribution < 1.29 is 4.74 Å². The highest BCUT2D eigenvalue weighted by Crippen LogP contribution is 2.62. The summed E-state index contributed by atoms with van der Waals surface area (Å²) in [5.41, 5.74) is 14.7. The molecule has 1 aliphatic heterocycles. The Kier molecular flexibility index (Phi) is 8.22. The van der Waals surface area contributed by atoms with Gasteiger partial charge >= 0.3 is 0 Å². The summed E-state index contributed by atoms with van der Waals surface area (Å²) in [5, 5.41) is 3.48. The fraction of sp³-hybridized carbons (Fsp3) is 0.0526. The highest BCUT2D eigenvalue weighted by molar-refractivity contribution is 7.26. The topological polar surface area (TPSA) is 35.0 Å². The van der Waals surface area contributed by atoms with Gasteiger partial charge in [0.25, 0.3) is 0 Å². The maximum absolute atomic E-state index is 6.56. The minimum Gasteiger partial charge on any atom is -0.457 e. The molecule has 0 N–H and O–H groups in total. The molecule has 3 heterocycles. The van der Waals surface area contributed by atoms with Crippen LogP contribution in [0.25, 0.3) is 70.4 Å². The lowest BCUT2D eigenvalue weighted by atomic mass is 9.66. The lowest BCUT2D eigenvalue weighted by Gasteiger charge is -2.39. The summed E-state index contributed by atoms with van der Waals surface area (Å²) in [6, 6.07) is 65.3. The first-order valence-corrected chi connectivity index (χ1v) is 21.7. The number of thiophene rings is 1. The molecule has 1 aliphatic carbocycles. The zero-order chi connectivity index (χ0) is 40.5. The summed E-state index contributed by atoms with van der Waals surface area (Å²) in [6.07, 6.45) is 7.57. The molecule has 288 valence electrons. The minimum atomic E-state index is -0.472. The van der Waals surface area contributed by atoms with E-state index < -0.39 is 5.41 Å². The Hall–Kier alpha value is -7.40. The standard InChI is InChI=1S/C57H38N2OS/c1-2-37(18-13-16-36-32-33-43-42-23-5-7-26-46(42)57(49(43)34-36)47-27-8-10-29-50(47)60-51-30-11-9-28-48(51)57)39-20-14-21-40(35-39)53-55-54(45-24-6-12-31-52(45)61-55)59-56(58-53)44-25-15-19-38-17-3-4-22-41(38)44/h2-15,17-35H,16H2,1H3/b18-13-,37-2+. The Bertz CT molecular complexity index is 3410. The lowest BCUT2D eigenvalue weighted by molar-refractivity contribution is 0.436. The Balaban J connectivity index is 0.919. The van der Waals surface area contributed by atoms with E-state index in [1.165, 1.54) is 49.0 Å². The predicted octanol–water partition coefficient (Wildman–Crippen LogP) is 15.0. The molecule has 61 heavy (non-hydrogen) atoms. The van der Waals surface area contributed by atoms with Crippen LogP contribution >= 0.6 is 11.3 Å². The zero-order valence-electron chi connectivity index (χ0n) is 33.5. The number of benzene rings is 8. The molecule has 2 aliphatic rings.